The second-order valence-corrected chi connectivity index (χ2v) is 5.29. The molecule has 4 heteroatoms. The monoisotopic (exact) mass is 260 g/mol. The summed E-state index contributed by atoms with van der Waals surface area (Å²) in [7, 11) is 4.09. The molecule has 1 heterocycles. The van der Waals surface area contributed by atoms with E-state index in [1.165, 1.54) is 30.5 Å². The molecule has 104 valence electrons. The molecule has 19 heavy (non-hydrogen) atoms. The van der Waals surface area contributed by atoms with Crippen molar-refractivity contribution in [2.75, 3.05) is 32.1 Å². The highest BCUT2D eigenvalue weighted by Gasteiger charge is 2.11. The topological polar surface area (TPSA) is 44.9 Å². The number of anilines is 1. The number of likely N-dealkylation sites (tertiary alicyclic amines) is 1. The number of hydrogen-bond acceptors (Lipinski definition) is 2. The first kappa shape index (κ1) is 13.7. The summed E-state index contributed by atoms with van der Waals surface area (Å²) in [5.41, 5.74) is 8.46. The lowest BCUT2D eigenvalue weighted by molar-refractivity contribution is 0.338. The van der Waals surface area contributed by atoms with E-state index in [1.807, 2.05) is 14.1 Å². The van der Waals surface area contributed by atoms with Crippen LogP contribution in [-0.2, 0) is 6.54 Å². The lowest BCUT2D eigenvalue weighted by Crippen LogP contribution is -2.40. The van der Waals surface area contributed by atoms with Gasteiger partial charge in [0.05, 0.1) is 6.54 Å². The smallest absolute Gasteiger partial charge is 0.191 e. The lowest BCUT2D eigenvalue weighted by atomic mass is 10.1. The zero-order chi connectivity index (χ0) is 13.7. The zero-order valence-corrected chi connectivity index (χ0v) is 12.0. The molecule has 0 bridgehead atoms. The van der Waals surface area contributed by atoms with Crippen LogP contribution in [0.3, 0.4) is 0 Å². The highest BCUT2D eigenvalue weighted by atomic mass is 15.2. The van der Waals surface area contributed by atoms with Gasteiger partial charge >= 0.3 is 0 Å². The number of aliphatic imine (C=N–C) groups is 1. The van der Waals surface area contributed by atoms with Gasteiger partial charge < -0.3 is 15.5 Å². The summed E-state index contributed by atoms with van der Waals surface area (Å²) in [4.78, 5) is 8.81. The number of hydrogen-bond donors (Lipinski definition) is 1. The number of rotatable bonds is 3. The molecule has 0 amide bonds. The Balaban J connectivity index is 1.98. The van der Waals surface area contributed by atoms with Gasteiger partial charge in [0.1, 0.15) is 0 Å². The third-order valence-electron chi connectivity index (χ3n) is 3.53. The third-order valence-corrected chi connectivity index (χ3v) is 3.53. The van der Waals surface area contributed by atoms with Gasteiger partial charge in [-0.05, 0) is 37.0 Å². The standard InChI is InChI=1S/C15H24N4/c1-18(2)14-8-6-7-13(11-14)12-17-15(16)19-9-4-3-5-10-19/h6-8,11H,3-5,9-10,12H2,1-2H3,(H2,16,17). The maximum atomic E-state index is 6.06. The minimum Gasteiger partial charge on any atom is -0.378 e. The van der Waals surface area contributed by atoms with Crippen LogP contribution in [0.1, 0.15) is 24.8 Å². The highest BCUT2D eigenvalue weighted by molar-refractivity contribution is 5.78. The Hall–Kier alpha value is -1.71. The highest BCUT2D eigenvalue weighted by Crippen LogP contribution is 2.14. The van der Waals surface area contributed by atoms with Crippen LogP contribution in [0, 0.1) is 0 Å². The molecule has 1 aromatic rings. The van der Waals surface area contributed by atoms with E-state index in [4.69, 9.17) is 5.73 Å². The van der Waals surface area contributed by atoms with Crippen molar-refractivity contribution in [1.29, 1.82) is 0 Å². The van der Waals surface area contributed by atoms with E-state index in [-0.39, 0.29) is 0 Å². The molecule has 0 aromatic heterocycles. The van der Waals surface area contributed by atoms with Crippen LogP contribution in [-0.4, -0.2) is 38.0 Å². The lowest BCUT2D eigenvalue weighted by Gasteiger charge is -2.27. The number of guanidine groups is 1. The van der Waals surface area contributed by atoms with Crippen molar-refractivity contribution in [2.24, 2.45) is 10.7 Å². The molecule has 0 atom stereocenters. The average molecular weight is 260 g/mol. The predicted octanol–water partition coefficient (Wildman–Crippen LogP) is 2.05. The minimum atomic E-state index is 0.657. The molecule has 1 aliphatic rings. The van der Waals surface area contributed by atoms with Crippen LogP contribution in [0.25, 0.3) is 0 Å². The summed E-state index contributed by atoms with van der Waals surface area (Å²) < 4.78 is 0. The SMILES string of the molecule is CN(C)c1cccc(CN=C(N)N2CCCCC2)c1. The molecule has 0 radical (unpaired) electrons. The van der Waals surface area contributed by atoms with Crippen molar-refractivity contribution in [1.82, 2.24) is 4.90 Å². The van der Waals surface area contributed by atoms with Gasteiger partial charge in [0.25, 0.3) is 0 Å². The molecular weight excluding hydrogens is 236 g/mol. The number of piperidine rings is 1. The van der Waals surface area contributed by atoms with Gasteiger partial charge in [-0.25, -0.2) is 4.99 Å². The Morgan fingerprint density at radius 1 is 1.26 bits per heavy atom. The number of nitrogens with zero attached hydrogens (tertiary/aromatic N) is 3. The third kappa shape index (κ3) is 3.88. The molecule has 1 aliphatic heterocycles. The zero-order valence-electron chi connectivity index (χ0n) is 12.0. The summed E-state index contributed by atoms with van der Waals surface area (Å²) >= 11 is 0. The molecule has 1 saturated heterocycles. The molecule has 1 fully saturated rings. The van der Waals surface area contributed by atoms with Crippen LogP contribution in [0.5, 0.6) is 0 Å². The van der Waals surface area contributed by atoms with Gasteiger partial charge in [-0.1, -0.05) is 12.1 Å². The fourth-order valence-electron chi connectivity index (χ4n) is 2.33. The predicted molar refractivity (Wildman–Crippen MR) is 81.5 cm³/mol. The van der Waals surface area contributed by atoms with Gasteiger partial charge in [-0.3, -0.25) is 0 Å². The van der Waals surface area contributed by atoms with Crippen LogP contribution in [0.15, 0.2) is 29.3 Å². The molecule has 1 aromatic carbocycles. The molecular formula is C15H24N4. The summed E-state index contributed by atoms with van der Waals surface area (Å²) in [6.45, 7) is 2.75. The summed E-state index contributed by atoms with van der Waals surface area (Å²) in [6.07, 6.45) is 3.77. The number of benzene rings is 1. The fraction of sp³-hybridized carbons (Fsp3) is 0.533. The van der Waals surface area contributed by atoms with Crippen molar-refractivity contribution >= 4 is 11.6 Å². The molecule has 0 spiro atoms. The Morgan fingerprint density at radius 2 is 2.00 bits per heavy atom. The summed E-state index contributed by atoms with van der Waals surface area (Å²) in [6, 6.07) is 8.42. The maximum Gasteiger partial charge on any atom is 0.191 e. The van der Waals surface area contributed by atoms with Gasteiger partial charge in [0.2, 0.25) is 0 Å². The Morgan fingerprint density at radius 3 is 2.68 bits per heavy atom. The van der Waals surface area contributed by atoms with E-state index < -0.39 is 0 Å². The first-order chi connectivity index (χ1) is 9.16. The molecule has 2 rings (SSSR count). The second kappa shape index (κ2) is 6.45. The van der Waals surface area contributed by atoms with E-state index in [1.54, 1.807) is 0 Å². The minimum absolute atomic E-state index is 0.657. The van der Waals surface area contributed by atoms with Crippen molar-refractivity contribution in [3.05, 3.63) is 29.8 Å². The van der Waals surface area contributed by atoms with Crippen molar-refractivity contribution in [3.63, 3.8) is 0 Å². The molecule has 0 aliphatic carbocycles. The van der Waals surface area contributed by atoms with Gasteiger partial charge in [-0.2, -0.15) is 0 Å². The van der Waals surface area contributed by atoms with Crippen LogP contribution in [0.4, 0.5) is 5.69 Å². The van der Waals surface area contributed by atoms with Gasteiger partial charge in [-0.15, -0.1) is 0 Å². The van der Waals surface area contributed by atoms with Gasteiger partial charge in [0, 0.05) is 32.9 Å². The molecule has 0 unspecified atom stereocenters. The quantitative estimate of drug-likeness (QED) is 0.668. The van der Waals surface area contributed by atoms with E-state index >= 15 is 0 Å². The number of nitrogens with two attached hydrogens (primary N) is 1. The summed E-state index contributed by atoms with van der Waals surface area (Å²) in [5, 5.41) is 0. The average Bonchev–Trinajstić information content (AvgIpc) is 2.46. The van der Waals surface area contributed by atoms with E-state index in [2.05, 4.69) is 39.1 Å². The Labute approximate surface area is 115 Å². The Kier molecular flexibility index (Phi) is 4.66. The van der Waals surface area contributed by atoms with Crippen molar-refractivity contribution in [3.8, 4) is 0 Å². The van der Waals surface area contributed by atoms with Crippen LogP contribution in [0.2, 0.25) is 0 Å². The fourth-order valence-corrected chi connectivity index (χ4v) is 2.33. The van der Waals surface area contributed by atoms with Gasteiger partial charge in [0.15, 0.2) is 5.96 Å². The first-order valence-electron chi connectivity index (χ1n) is 6.98. The first-order valence-corrected chi connectivity index (χ1v) is 6.98. The summed E-state index contributed by atoms with van der Waals surface area (Å²) in [5.74, 6) is 0.690. The maximum absolute atomic E-state index is 6.06. The van der Waals surface area contributed by atoms with Crippen molar-refractivity contribution < 1.29 is 0 Å². The molecule has 0 saturated carbocycles. The Bertz CT molecular complexity index is 434. The van der Waals surface area contributed by atoms with Crippen molar-refractivity contribution in [2.45, 2.75) is 25.8 Å². The largest absolute Gasteiger partial charge is 0.378 e. The van der Waals surface area contributed by atoms with E-state index in [0.29, 0.717) is 12.5 Å². The molecule has 4 nitrogen and oxygen atoms in total. The molecule has 2 N–H and O–H groups in total. The van der Waals surface area contributed by atoms with Crippen LogP contribution < -0.4 is 10.6 Å². The van der Waals surface area contributed by atoms with Crippen LogP contribution >= 0.6 is 0 Å². The normalized spacial score (nSPS) is 16.5. The van der Waals surface area contributed by atoms with E-state index in [9.17, 15) is 0 Å². The van der Waals surface area contributed by atoms with E-state index in [0.717, 1.165) is 13.1 Å². The second-order valence-electron chi connectivity index (χ2n) is 5.29.